The first-order valence-corrected chi connectivity index (χ1v) is 4.65. The first-order chi connectivity index (χ1) is 5.88. The Morgan fingerprint density at radius 3 is 2.42 bits per heavy atom. The second-order valence-electron chi connectivity index (χ2n) is 3.01. The van der Waals surface area contributed by atoms with E-state index in [-0.39, 0.29) is 0 Å². The Kier molecular flexibility index (Phi) is 3.81. The van der Waals surface area contributed by atoms with E-state index < -0.39 is 0 Å². The predicted octanol–water partition coefficient (Wildman–Crippen LogP) is 2.14. The van der Waals surface area contributed by atoms with Crippen molar-refractivity contribution in [3.8, 4) is 0 Å². The number of hydrogen-bond acceptors (Lipinski definition) is 1. The highest BCUT2D eigenvalue weighted by Crippen LogP contribution is 2.10. The Balaban J connectivity index is 2.68. The van der Waals surface area contributed by atoms with Gasteiger partial charge in [-0.2, -0.15) is 0 Å². The molecule has 0 spiro atoms. The van der Waals surface area contributed by atoms with Gasteiger partial charge in [-0.15, -0.1) is 0 Å². The van der Waals surface area contributed by atoms with Crippen LogP contribution in [-0.2, 0) is 12.8 Å². The molecule has 0 unspecified atom stereocenters. The van der Waals surface area contributed by atoms with Crippen molar-refractivity contribution in [1.29, 1.82) is 0 Å². The van der Waals surface area contributed by atoms with Crippen LogP contribution in [0.3, 0.4) is 0 Å². The summed E-state index contributed by atoms with van der Waals surface area (Å²) in [5.74, 6) is 0. The molecule has 0 aromatic heterocycles. The van der Waals surface area contributed by atoms with E-state index in [4.69, 9.17) is 5.73 Å². The van der Waals surface area contributed by atoms with Gasteiger partial charge in [-0.25, -0.2) is 0 Å². The molecule has 1 rings (SSSR count). The molecular formula is C11H17N. The first kappa shape index (κ1) is 9.27. The monoisotopic (exact) mass is 163 g/mol. The Bertz CT molecular complexity index is 230. The quantitative estimate of drug-likeness (QED) is 0.723. The lowest BCUT2D eigenvalue weighted by Gasteiger charge is -2.05. The van der Waals surface area contributed by atoms with Crippen LogP contribution in [0.5, 0.6) is 0 Å². The van der Waals surface area contributed by atoms with E-state index in [0.717, 1.165) is 25.8 Å². The van der Waals surface area contributed by atoms with Gasteiger partial charge in [0.25, 0.3) is 0 Å². The van der Waals surface area contributed by atoms with Crippen LogP contribution >= 0.6 is 0 Å². The minimum Gasteiger partial charge on any atom is -0.330 e. The maximum Gasteiger partial charge on any atom is -0.00741 e. The van der Waals surface area contributed by atoms with Crippen molar-refractivity contribution in [2.75, 3.05) is 6.54 Å². The molecular weight excluding hydrogens is 146 g/mol. The molecule has 0 bridgehead atoms. The molecule has 1 aromatic carbocycles. The summed E-state index contributed by atoms with van der Waals surface area (Å²) in [6, 6.07) is 8.61. The van der Waals surface area contributed by atoms with Crippen LogP contribution in [0, 0.1) is 0 Å². The van der Waals surface area contributed by atoms with Gasteiger partial charge in [0.1, 0.15) is 0 Å². The zero-order valence-electron chi connectivity index (χ0n) is 7.72. The summed E-state index contributed by atoms with van der Waals surface area (Å²) in [7, 11) is 0. The van der Waals surface area contributed by atoms with Crippen molar-refractivity contribution in [2.24, 2.45) is 5.73 Å². The van der Waals surface area contributed by atoms with Gasteiger partial charge in [0.2, 0.25) is 0 Å². The van der Waals surface area contributed by atoms with E-state index in [1.807, 2.05) is 0 Å². The minimum absolute atomic E-state index is 0.790. The molecule has 0 heterocycles. The molecule has 0 radical (unpaired) electrons. The normalized spacial score (nSPS) is 10.2. The van der Waals surface area contributed by atoms with Gasteiger partial charge in [0.05, 0.1) is 0 Å². The zero-order chi connectivity index (χ0) is 8.81. The van der Waals surface area contributed by atoms with E-state index in [1.54, 1.807) is 0 Å². The van der Waals surface area contributed by atoms with Crippen LogP contribution in [-0.4, -0.2) is 6.54 Å². The number of nitrogens with two attached hydrogens (primary N) is 1. The SMILES string of the molecule is CCc1ccccc1CCCN. The highest BCUT2D eigenvalue weighted by atomic mass is 14.5. The van der Waals surface area contributed by atoms with Crippen LogP contribution in [0.1, 0.15) is 24.5 Å². The molecule has 66 valence electrons. The summed E-state index contributed by atoms with van der Waals surface area (Å²) in [5, 5.41) is 0. The van der Waals surface area contributed by atoms with Crippen LogP contribution in [0.4, 0.5) is 0 Å². The molecule has 0 aliphatic carbocycles. The van der Waals surface area contributed by atoms with Crippen molar-refractivity contribution in [1.82, 2.24) is 0 Å². The van der Waals surface area contributed by atoms with Gasteiger partial charge in [0, 0.05) is 0 Å². The predicted molar refractivity (Wildman–Crippen MR) is 53.2 cm³/mol. The summed E-state index contributed by atoms with van der Waals surface area (Å²) in [5.41, 5.74) is 8.40. The van der Waals surface area contributed by atoms with Crippen LogP contribution in [0.2, 0.25) is 0 Å². The smallest absolute Gasteiger partial charge is 0.00741 e. The number of rotatable bonds is 4. The topological polar surface area (TPSA) is 26.0 Å². The maximum atomic E-state index is 5.47. The van der Waals surface area contributed by atoms with Crippen molar-refractivity contribution < 1.29 is 0 Å². The van der Waals surface area contributed by atoms with E-state index in [1.165, 1.54) is 11.1 Å². The lowest BCUT2D eigenvalue weighted by Crippen LogP contribution is -2.01. The van der Waals surface area contributed by atoms with Gasteiger partial charge >= 0.3 is 0 Å². The average molecular weight is 163 g/mol. The van der Waals surface area contributed by atoms with Gasteiger partial charge in [-0.1, -0.05) is 31.2 Å². The maximum absolute atomic E-state index is 5.47. The molecule has 1 nitrogen and oxygen atoms in total. The van der Waals surface area contributed by atoms with Crippen molar-refractivity contribution in [3.63, 3.8) is 0 Å². The zero-order valence-corrected chi connectivity index (χ0v) is 7.72. The fourth-order valence-corrected chi connectivity index (χ4v) is 1.44. The highest BCUT2D eigenvalue weighted by Gasteiger charge is 1.97. The molecule has 1 aromatic rings. The lowest BCUT2D eigenvalue weighted by atomic mass is 10.0. The molecule has 12 heavy (non-hydrogen) atoms. The number of benzene rings is 1. The molecule has 0 fully saturated rings. The van der Waals surface area contributed by atoms with Crippen LogP contribution in [0.15, 0.2) is 24.3 Å². The number of hydrogen-bond donors (Lipinski definition) is 1. The molecule has 0 saturated carbocycles. The third kappa shape index (κ3) is 2.35. The Labute approximate surface area is 74.6 Å². The molecule has 0 aliphatic rings. The molecule has 0 atom stereocenters. The molecule has 0 amide bonds. The Morgan fingerprint density at radius 1 is 1.17 bits per heavy atom. The summed E-state index contributed by atoms with van der Waals surface area (Å²) >= 11 is 0. The minimum atomic E-state index is 0.790. The largest absolute Gasteiger partial charge is 0.330 e. The fourth-order valence-electron chi connectivity index (χ4n) is 1.44. The van der Waals surface area contributed by atoms with Gasteiger partial charge in [0.15, 0.2) is 0 Å². The first-order valence-electron chi connectivity index (χ1n) is 4.65. The molecule has 0 saturated heterocycles. The highest BCUT2D eigenvalue weighted by molar-refractivity contribution is 5.26. The summed E-state index contributed by atoms with van der Waals surface area (Å²) in [4.78, 5) is 0. The van der Waals surface area contributed by atoms with Gasteiger partial charge in [-0.3, -0.25) is 0 Å². The van der Waals surface area contributed by atoms with Gasteiger partial charge < -0.3 is 5.73 Å². The van der Waals surface area contributed by atoms with Crippen molar-refractivity contribution >= 4 is 0 Å². The van der Waals surface area contributed by atoms with Crippen molar-refractivity contribution in [2.45, 2.75) is 26.2 Å². The summed E-state index contributed by atoms with van der Waals surface area (Å²) in [6.07, 6.45) is 3.35. The van der Waals surface area contributed by atoms with E-state index >= 15 is 0 Å². The third-order valence-electron chi connectivity index (χ3n) is 2.15. The van der Waals surface area contributed by atoms with Crippen LogP contribution in [0.25, 0.3) is 0 Å². The second-order valence-corrected chi connectivity index (χ2v) is 3.01. The van der Waals surface area contributed by atoms with E-state index in [2.05, 4.69) is 31.2 Å². The number of aryl methyl sites for hydroxylation is 2. The average Bonchev–Trinajstić information content (AvgIpc) is 2.15. The molecule has 1 heteroatoms. The summed E-state index contributed by atoms with van der Waals surface area (Å²) in [6.45, 7) is 2.99. The Morgan fingerprint density at radius 2 is 1.83 bits per heavy atom. The fraction of sp³-hybridized carbons (Fsp3) is 0.455. The van der Waals surface area contributed by atoms with Gasteiger partial charge in [-0.05, 0) is 36.9 Å². The standard InChI is InChI=1S/C11H17N/c1-2-10-6-3-4-7-11(10)8-5-9-12/h3-4,6-7H,2,5,8-9,12H2,1H3. The molecule has 0 aliphatic heterocycles. The third-order valence-corrected chi connectivity index (χ3v) is 2.15. The molecule has 2 N–H and O–H groups in total. The Hall–Kier alpha value is -0.820. The lowest BCUT2D eigenvalue weighted by molar-refractivity contribution is 0.822. The van der Waals surface area contributed by atoms with Crippen LogP contribution < -0.4 is 5.73 Å². The summed E-state index contributed by atoms with van der Waals surface area (Å²) < 4.78 is 0. The van der Waals surface area contributed by atoms with E-state index in [0.29, 0.717) is 0 Å². The van der Waals surface area contributed by atoms with Crippen molar-refractivity contribution in [3.05, 3.63) is 35.4 Å². The van der Waals surface area contributed by atoms with E-state index in [9.17, 15) is 0 Å². The second kappa shape index (κ2) is 4.94.